The predicted molar refractivity (Wildman–Crippen MR) is 141 cm³/mol. The van der Waals surface area contributed by atoms with E-state index < -0.39 is 20.3 Å². The Morgan fingerprint density at radius 1 is 0.853 bits per heavy atom. The van der Waals surface area contributed by atoms with Gasteiger partial charge in [0.25, 0.3) is 0 Å². The number of aliphatic hydroxyl groups is 1. The van der Waals surface area contributed by atoms with Gasteiger partial charge in [0, 0.05) is 0 Å². The number of likely N-dealkylation sites (N-methyl/N-ethyl adjacent to an activating group) is 1. The second-order valence-corrected chi connectivity index (χ2v) is 12.3. The van der Waals surface area contributed by atoms with E-state index in [1.54, 1.807) is 0 Å². The molecule has 206 valence electrons. The van der Waals surface area contributed by atoms with Crippen molar-refractivity contribution in [2.75, 3.05) is 40.9 Å². The van der Waals surface area contributed by atoms with E-state index in [1.165, 1.54) is 71.1 Å². The molecule has 0 heterocycles. The summed E-state index contributed by atoms with van der Waals surface area (Å²) in [6.45, 7) is 4.15. The van der Waals surface area contributed by atoms with Gasteiger partial charge in [-0.15, -0.1) is 0 Å². The Balaban J connectivity index is 4.02. The molecular weight excluding hydrogens is 455 g/mol. The van der Waals surface area contributed by atoms with E-state index in [0.717, 1.165) is 19.3 Å². The average molecular weight is 512 g/mol. The summed E-state index contributed by atoms with van der Waals surface area (Å²) in [5, 5.41) is 13.2. The van der Waals surface area contributed by atoms with E-state index in [4.69, 9.17) is 9.05 Å². The normalized spacial score (nSPS) is 14.7. The van der Waals surface area contributed by atoms with Gasteiger partial charge in [0.05, 0.1) is 0 Å². The molecule has 0 aliphatic heterocycles. The Bertz CT molecular complexity index is 502. The number of hydrogen-bond acceptors (Lipinski definition) is 6. The quantitative estimate of drug-likeness (QED) is 0.0916. The van der Waals surface area contributed by atoms with Gasteiger partial charge < -0.3 is 0 Å². The zero-order chi connectivity index (χ0) is 25.9. The third-order valence-corrected chi connectivity index (χ3v) is 7.08. The van der Waals surface area contributed by atoms with Crippen molar-refractivity contribution in [3.8, 4) is 0 Å². The number of amides is 1. The maximum absolute atomic E-state index is 11.5. The number of nitrogens with one attached hydrogen (secondary N) is 1. The van der Waals surface area contributed by atoms with Gasteiger partial charge in [-0.3, -0.25) is 0 Å². The van der Waals surface area contributed by atoms with Gasteiger partial charge in [-0.05, 0) is 0 Å². The molecule has 4 N–H and O–H groups in total. The first-order valence-corrected chi connectivity index (χ1v) is 15.2. The Hall–Kier alpha value is -0.340. The summed E-state index contributed by atoms with van der Waals surface area (Å²) in [6, 6.07) is -0.706. The van der Waals surface area contributed by atoms with Crippen molar-refractivity contribution < 1.29 is 33.2 Å². The van der Waals surface area contributed by atoms with Gasteiger partial charge in [-0.2, -0.15) is 0 Å². The number of rotatable bonds is 23. The fourth-order valence-corrected chi connectivity index (χ4v) is 4.61. The first-order valence-electron chi connectivity index (χ1n) is 13.4. The van der Waals surface area contributed by atoms with Crippen molar-refractivity contribution in [2.45, 2.75) is 116 Å². The fraction of sp³-hybridized carbons (Fsp3) is 0.960. The van der Waals surface area contributed by atoms with E-state index in [2.05, 4.69) is 12.2 Å². The first kappa shape index (κ1) is 33.7. The Morgan fingerprint density at radius 2 is 1.32 bits per heavy atom. The molecule has 0 aliphatic rings. The monoisotopic (exact) mass is 511 g/mol. The molecule has 0 fully saturated rings. The van der Waals surface area contributed by atoms with Crippen LogP contribution in [-0.2, 0) is 13.8 Å². The van der Waals surface area contributed by atoms with Crippen LogP contribution in [0, 0.1) is 0 Å². The number of carbonyl (C=O) groups is 1. The molecule has 0 saturated heterocycles. The molecular formula is C25H56N2O6P+. The number of hydrogen-bond donors (Lipinski definition) is 4. The van der Waals surface area contributed by atoms with Gasteiger partial charge in [0.15, 0.2) is 0 Å². The molecule has 34 heavy (non-hydrogen) atoms. The average Bonchev–Trinajstić information content (AvgIpc) is 2.73. The summed E-state index contributed by atoms with van der Waals surface area (Å²) in [7, 11) is 1.62. The zero-order valence-electron chi connectivity index (χ0n) is 22.7. The van der Waals surface area contributed by atoms with Crippen LogP contribution in [0.5, 0.6) is 0 Å². The fourth-order valence-electron chi connectivity index (χ4n) is 3.77. The minimum absolute atomic E-state index is 0.148. The number of carbonyl (C=O) groups excluding carboxylic acids is 1. The summed E-state index contributed by atoms with van der Waals surface area (Å²) in [4.78, 5) is 31.6. The molecule has 0 aromatic rings. The van der Waals surface area contributed by atoms with Gasteiger partial charge in [-0.1, -0.05) is 45.4 Å². The molecule has 0 rings (SSSR count). The van der Waals surface area contributed by atoms with Crippen LogP contribution in [0.25, 0.3) is 0 Å². The molecule has 0 spiro atoms. The van der Waals surface area contributed by atoms with Crippen molar-refractivity contribution in [1.29, 1.82) is 0 Å². The van der Waals surface area contributed by atoms with Crippen LogP contribution in [0.4, 0.5) is 0 Å². The van der Waals surface area contributed by atoms with E-state index in [0.29, 0.717) is 17.4 Å². The molecule has 0 bridgehead atoms. The molecule has 2 atom stereocenters. The summed E-state index contributed by atoms with van der Waals surface area (Å²) < 4.78 is 11.0. The summed E-state index contributed by atoms with van der Waals surface area (Å²) in [6.07, 6.45) is 16.0. The van der Waals surface area contributed by atoms with Crippen molar-refractivity contribution in [2.24, 2.45) is 0 Å². The van der Waals surface area contributed by atoms with Crippen molar-refractivity contribution in [3.05, 3.63) is 0 Å². The zero-order valence-corrected chi connectivity index (χ0v) is 23.7. The summed E-state index contributed by atoms with van der Waals surface area (Å²) in [5.74, 6) is -0.299. The van der Waals surface area contributed by atoms with E-state index in [1.807, 2.05) is 21.1 Å². The van der Waals surface area contributed by atoms with Crippen LogP contribution in [-0.4, -0.2) is 78.3 Å². The molecule has 0 aliphatic carbocycles. The molecule has 8 nitrogen and oxygen atoms in total. The molecule has 1 amide bonds. The van der Waals surface area contributed by atoms with Gasteiger partial charge >= 0.3 is 164 Å². The molecule has 9 heteroatoms. The van der Waals surface area contributed by atoms with Gasteiger partial charge in [0.2, 0.25) is 0 Å². The Kier molecular flexibility index (Phi) is 19.6. The van der Waals surface area contributed by atoms with Crippen LogP contribution >= 0.6 is 8.17 Å². The Labute approximate surface area is 209 Å². The third kappa shape index (κ3) is 22.1. The van der Waals surface area contributed by atoms with Crippen molar-refractivity contribution >= 4 is 14.1 Å². The van der Waals surface area contributed by atoms with Crippen LogP contribution in [0.1, 0.15) is 104 Å². The van der Waals surface area contributed by atoms with Crippen molar-refractivity contribution in [3.63, 3.8) is 0 Å². The standard InChI is InChI=1S/C25H55N2O6P/c1-6-7-8-9-10-11-12-13-14-15-16-17-18-19-25(29)24(26-23(2)28)22-33-34(30,31)32-21-20-27(3,4)5/h24-25,29-31,34H,6-22H2,1-5H3/p+1/t24-,25+/m0/s1. The predicted octanol–water partition coefficient (Wildman–Crippen LogP) is 4.47. The molecule has 0 saturated carbocycles. The van der Waals surface area contributed by atoms with Crippen molar-refractivity contribution in [1.82, 2.24) is 5.32 Å². The number of nitrogens with zero attached hydrogens (tertiary/aromatic N) is 1. The van der Waals surface area contributed by atoms with Gasteiger partial charge in [0.1, 0.15) is 0 Å². The van der Waals surface area contributed by atoms with Crippen LogP contribution < -0.4 is 5.32 Å². The molecule has 0 aromatic heterocycles. The summed E-state index contributed by atoms with van der Waals surface area (Å²) in [5.41, 5.74) is 0. The molecule has 0 unspecified atom stereocenters. The maximum atomic E-state index is 11.5. The van der Waals surface area contributed by atoms with Gasteiger partial charge in [-0.25, -0.2) is 0 Å². The minimum atomic E-state index is -4.31. The van der Waals surface area contributed by atoms with E-state index in [9.17, 15) is 19.7 Å². The summed E-state index contributed by atoms with van der Waals surface area (Å²) >= 11 is 0. The number of aliphatic hydroxyl groups excluding tert-OH is 1. The second kappa shape index (κ2) is 19.8. The number of quaternary nitrogens is 1. The Morgan fingerprint density at radius 3 is 1.76 bits per heavy atom. The number of unbranched alkanes of at least 4 members (excludes halogenated alkanes) is 12. The van der Waals surface area contributed by atoms with Crippen LogP contribution in [0.15, 0.2) is 0 Å². The van der Waals surface area contributed by atoms with Crippen LogP contribution in [0.2, 0.25) is 0 Å². The van der Waals surface area contributed by atoms with Crippen LogP contribution in [0.3, 0.4) is 0 Å². The van der Waals surface area contributed by atoms with E-state index in [-0.39, 0.29) is 19.1 Å². The third-order valence-electron chi connectivity index (χ3n) is 5.96. The first-order chi connectivity index (χ1) is 16.0. The second-order valence-electron chi connectivity index (χ2n) is 10.6. The molecule has 0 aromatic carbocycles. The van der Waals surface area contributed by atoms with E-state index >= 15 is 0 Å². The SMILES string of the molecule is CCCCCCCCCCCCCCC[C@@H](O)[C@H](CO[PH](O)(O)OCC[N+](C)(C)C)NC(C)=O. The topological polar surface area (TPSA) is 108 Å². The molecule has 0 radical (unpaired) electrons.